The van der Waals surface area contributed by atoms with Gasteiger partial charge in [0.05, 0.1) is 0 Å². The lowest BCUT2D eigenvalue weighted by Gasteiger charge is -2.36. The Morgan fingerprint density at radius 3 is 2.65 bits per heavy atom. The molecular weight excluding hydrogens is 296 g/mol. The number of thiazole rings is 1. The highest BCUT2D eigenvalue weighted by atomic mass is 32.1. The van der Waals surface area contributed by atoms with Crippen molar-refractivity contribution >= 4 is 40.9 Å². The number of rotatable bonds is 4. The van der Waals surface area contributed by atoms with E-state index in [4.69, 9.17) is 0 Å². The highest BCUT2D eigenvalue weighted by Gasteiger charge is 2.27. The Balaban J connectivity index is 1.89. The Morgan fingerprint density at radius 2 is 2.15 bits per heavy atom. The summed E-state index contributed by atoms with van der Waals surface area (Å²) < 4.78 is 0. The average molecular weight is 314 g/mol. The van der Waals surface area contributed by atoms with Gasteiger partial charge >= 0.3 is 0 Å². The summed E-state index contributed by atoms with van der Waals surface area (Å²) in [6, 6.07) is -0.540. The van der Waals surface area contributed by atoms with Gasteiger partial charge < -0.3 is 15.1 Å². The van der Waals surface area contributed by atoms with Crippen molar-refractivity contribution in [3.63, 3.8) is 0 Å². The van der Waals surface area contributed by atoms with Crippen molar-refractivity contribution in [1.82, 2.24) is 15.2 Å². The monoisotopic (exact) mass is 314 g/mol. The summed E-state index contributed by atoms with van der Waals surface area (Å²) in [4.78, 5) is 31.6. The minimum absolute atomic E-state index is 0.0611. The zero-order chi connectivity index (χ0) is 14.5. The zero-order valence-electron chi connectivity index (χ0n) is 11.3. The minimum Gasteiger partial charge on any atom is -0.345 e. The van der Waals surface area contributed by atoms with Gasteiger partial charge in [-0.15, -0.1) is 11.3 Å². The normalized spacial score (nSPS) is 16.9. The molecule has 0 radical (unpaired) electrons. The fraction of sp³-hybridized carbons (Fsp3) is 0.583. The van der Waals surface area contributed by atoms with E-state index in [9.17, 15) is 9.59 Å². The first kappa shape index (κ1) is 15.1. The molecule has 1 aromatic heterocycles. The van der Waals surface area contributed by atoms with Gasteiger partial charge in [-0.3, -0.25) is 9.59 Å². The number of hydrogen-bond acceptors (Lipinski definition) is 6. The van der Waals surface area contributed by atoms with Crippen molar-refractivity contribution in [2.24, 2.45) is 0 Å². The molecule has 1 aromatic rings. The van der Waals surface area contributed by atoms with Gasteiger partial charge in [-0.05, 0) is 0 Å². The molecule has 2 amide bonds. The largest absolute Gasteiger partial charge is 0.345 e. The number of carbonyl (C=O) groups is 2. The maximum atomic E-state index is 12.3. The summed E-state index contributed by atoms with van der Waals surface area (Å²) in [6.07, 6.45) is 1.78. The fourth-order valence-electron chi connectivity index (χ4n) is 2.14. The molecule has 2 rings (SSSR count). The molecule has 1 atom stereocenters. The Morgan fingerprint density at radius 1 is 1.45 bits per heavy atom. The molecule has 1 saturated heterocycles. The number of piperazine rings is 1. The van der Waals surface area contributed by atoms with Crippen LogP contribution in [-0.4, -0.2) is 59.7 Å². The molecule has 20 heavy (non-hydrogen) atoms. The summed E-state index contributed by atoms with van der Waals surface area (Å²) in [5.41, 5.74) is 0. The van der Waals surface area contributed by atoms with Gasteiger partial charge in [0.25, 0.3) is 0 Å². The molecule has 8 heteroatoms. The van der Waals surface area contributed by atoms with Crippen LogP contribution in [0.3, 0.4) is 0 Å². The summed E-state index contributed by atoms with van der Waals surface area (Å²) in [5.74, 6) is 0.0401. The van der Waals surface area contributed by atoms with Gasteiger partial charge in [-0.1, -0.05) is 0 Å². The third kappa shape index (κ3) is 3.63. The molecule has 1 unspecified atom stereocenters. The smallest absolute Gasteiger partial charge is 0.246 e. The number of thiol groups is 1. The zero-order valence-corrected chi connectivity index (χ0v) is 13.0. The van der Waals surface area contributed by atoms with Crippen LogP contribution in [0.4, 0.5) is 5.13 Å². The first-order valence-corrected chi connectivity index (χ1v) is 7.94. The second-order valence-corrected chi connectivity index (χ2v) is 5.80. The van der Waals surface area contributed by atoms with Gasteiger partial charge in [-0.2, -0.15) is 12.6 Å². The standard InChI is InChI=1S/C12H18N4O2S2/c1-9(17)14-10(8-19)11(18)15-3-5-16(6-4-15)12-13-2-7-20-12/h2,7,10,19H,3-6,8H2,1H3,(H,14,17). The first-order chi connectivity index (χ1) is 9.61. The van der Waals surface area contributed by atoms with E-state index in [1.54, 1.807) is 22.4 Å². The molecule has 0 aromatic carbocycles. The average Bonchev–Trinajstić information content (AvgIpc) is 2.98. The number of hydrogen-bond donors (Lipinski definition) is 2. The molecular formula is C12H18N4O2S2. The van der Waals surface area contributed by atoms with Crippen LogP contribution in [0, 0.1) is 0 Å². The van der Waals surface area contributed by atoms with E-state index in [0.717, 1.165) is 18.2 Å². The lowest BCUT2D eigenvalue weighted by molar-refractivity contribution is -0.135. The number of amides is 2. The van der Waals surface area contributed by atoms with Gasteiger partial charge in [0.15, 0.2) is 5.13 Å². The van der Waals surface area contributed by atoms with Crippen LogP contribution in [0.25, 0.3) is 0 Å². The van der Waals surface area contributed by atoms with E-state index in [2.05, 4.69) is 27.8 Å². The molecule has 1 aliphatic heterocycles. The van der Waals surface area contributed by atoms with Gasteiger partial charge in [0.2, 0.25) is 11.8 Å². The SMILES string of the molecule is CC(=O)NC(CS)C(=O)N1CCN(c2nccs2)CC1. The summed E-state index contributed by atoms with van der Waals surface area (Å²) >= 11 is 5.74. The fourth-order valence-corrected chi connectivity index (χ4v) is 3.09. The molecule has 0 spiro atoms. The topological polar surface area (TPSA) is 65.5 Å². The molecule has 110 valence electrons. The van der Waals surface area contributed by atoms with Crippen LogP contribution in [0.5, 0.6) is 0 Å². The van der Waals surface area contributed by atoms with Crippen LogP contribution in [0.1, 0.15) is 6.92 Å². The van der Waals surface area contributed by atoms with E-state index in [1.807, 2.05) is 5.38 Å². The Hall–Kier alpha value is -1.28. The van der Waals surface area contributed by atoms with Crippen LogP contribution in [0.15, 0.2) is 11.6 Å². The van der Waals surface area contributed by atoms with Crippen LogP contribution < -0.4 is 10.2 Å². The maximum Gasteiger partial charge on any atom is 0.246 e. The van der Waals surface area contributed by atoms with E-state index in [-0.39, 0.29) is 11.8 Å². The predicted molar refractivity (Wildman–Crippen MR) is 82.4 cm³/mol. The summed E-state index contributed by atoms with van der Waals surface area (Å²) in [7, 11) is 0. The van der Waals surface area contributed by atoms with Crippen molar-refractivity contribution in [2.75, 3.05) is 36.8 Å². The van der Waals surface area contributed by atoms with Crippen LogP contribution >= 0.6 is 24.0 Å². The Kier molecular flexibility index (Phi) is 5.24. The third-order valence-corrected chi connectivity index (χ3v) is 4.34. The van der Waals surface area contributed by atoms with E-state index >= 15 is 0 Å². The number of nitrogens with zero attached hydrogens (tertiary/aromatic N) is 3. The van der Waals surface area contributed by atoms with Crippen molar-refractivity contribution in [2.45, 2.75) is 13.0 Å². The van der Waals surface area contributed by atoms with Gasteiger partial charge in [0.1, 0.15) is 6.04 Å². The highest BCUT2D eigenvalue weighted by Crippen LogP contribution is 2.19. The van der Waals surface area contributed by atoms with E-state index in [0.29, 0.717) is 18.8 Å². The Labute approximate surface area is 127 Å². The second-order valence-electron chi connectivity index (χ2n) is 4.56. The number of nitrogens with one attached hydrogen (secondary N) is 1. The molecule has 0 saturated carbocycles. The lowest BCUT2D eigenvalue weighted by atomic mass is 10.2. The minimum atomic E-state index is -0.540. The molecule has 6 nitrogen and oxygen atoms in total. The van der Waals surface area contributed by atoms with Crippen molar-refractivity contribution in [1.29, 1.82) is 0 Å². The maximum absolute atomic E-state index is 12.3. The summed E-state index contributed by atoms with van der Waals surface area (Å²) in [6.45, 7) is 4.21. The molecule has 0 aliphatic carbocycles. The van der Waals surface area contributed by atoms with Crippen molar-refractivity contribution in [3.8, 4) is 0 Å². The molecule has 1 N–H and O–H groups in total. The van der Waals surface area contributed by atoms with E-state index < -0.39 is 6.04 Å². The molecule has 0 bridgehead atoms. The predicted octanol–water partition coefficient (Wildman–Crippen LogP) is 0.226. The number of aromatic nitrogens is 1. The van der Waals surface area contributed by atoms with Gasteiger partial charge in [0, 0.05) is 50.4 Å². The highest BCUT2D eigenvalue weighted by molar-refractivity contribution is 7.80. The number of carbonyl (C=O) groups excluding carboxylic acids is 2. The first-order valence-electron chi connectivity index (χ1n) is 6.43. The van der Waals surface area contributed by atoms with Crippen molar-refractivity contribution < 1.29 is 9.59 Å². The van der Waals surface area contributed by atoms with Crippen LogP contribution in [0.2, 0.25) is 0 Å². The molecule has 1 aliphatic rings. The Bertz CT molecular complexity index is 458. The molecule has 1 fully saturated rings. The number of anilines is 1. The quantitative estimate of drug-likeness (QED) is 0.781. The van der Waals surface area contributed by atoms with E-state index in [1.165, 1.54) is 6.92 Å². The lowest BCUT2D eigenvalue weighted by Crippen LogP contribution is -2.55. The summed E-state index contributed by atoms with van der Waals surface area (Å²) in [5, 5.41) is 5.57. The molecule has 2 heterocycles. The van der Waals surface area contributed by atoms with Gasteiger partial charge in [-0.25, -0.2) is 4.98 Å². The third-order valence-electron chi connectivity index (χ3n) is 3.14. The van der Waals surface area contributed by atoms with Crippen molar-refractivity contribution in [3.05, 3.63) is 11.6 Å². The second kappa shape index (κ2) is 6.94. The van der Waals surface area contributed by atoms with Crippen LogP contribution in [-0.2, 0) is 9.59 Å².